The van der Waals surface area contributed by atoms with Crippen molar-refractivity contribution in [3.63, 3.8) is 0 Å². The summed E-state index contributed by atoms with van der Waals surface area (Å²) in [5.41, 5.74) is 7.22. The van der Waals surface area contributed by atoms with E-state index in [0.29, 0.717) is 5.88 Å². The van der Waals surface area contributed by atoms with Crippen molar-refractivity contribution in [3.8, 4) is 5.88 Å². The van der Waals surface area contributed by atoms with Crippen LogP contribution in [0.15, 0.2) is 18.3 Å². The number of hydrogen-bond acceptors (Lipinski definition) is 4. The molecule has 16 heavy (non-hydrogen) atoms. The summed E-state index contributed by atoms with van der Waals surface area (Å²) in [4.78, 5) is 6.46. The van der Waals surface area contributed by atoms with Gasteiger partial charge in [0.1, 0.15) is 0 Å². The van der Waals surface area contributed by atoms with E-state index in [0.717, 1.165) is 26.1 Å². The monoisotopic (exact) mass is 221 g/mol. The summed E-state index contributed by atoms with van der Waals surface area (Å²) in [5.74, 6) is 0.666. The minimum atomic E-state index is 0.247. The summed E-state index contributed by atoms with van der Waals surface area (Å²) in [6.45, 7) is 5.05. The molecule has 1 aliphatic rings. The van der Waals surface area contributed by atoms with Crippen LogP contribution in [-0.4, -0.2) is 31.7 Å². The van der Waals surface area contributed by atoms with Crippen LogP contribution in [0.1, 0.15) is 13.3 Å². The fourth-order valence-electron chi connectivity index (χ4n) is 2.12. The smallest absolute Gasteiger partial charge is 0.214 e. The molecule has 0 saturated carbocycles. The lowest BCUT2D eigenvalue weighted by atomic mass is 9.90. The molecule has 1 unspecified atom stereocenters. The van der Waals surface area contributed by atoms with E-state index in [1.807, 2.05) is 12.1 Å². The third kappa shape index (κ3) is 2.11. The Balaban J connectivity index is 2.14. The van der Waals surface area contributed by atoms with Gasteiger partial charge in [-0.3, -0.25) is 0 Å². The molecule has 88 valence electrons. The molecular formula is C12H19N3O. The highest BCUT2D eigenvalue weighted by atomic mass is 16.5. The van der Waals surface area contributed by atoms with Crippen LogP contribution in [0.25, 0.3) is 0 Å². The van der Waals surface area contributed by atoms with Crippen molar-refractivity contribution in [3.05, 3.63) is 18.3 Å². The average molecular weight is 221 g/mol. The molecule has 2 N–H and O–H groups in total. The lowest BCUT2D eigenvalue weighted by molar-refractivity contribution is 0.383. The van der Waals surface area contributed by atoms with Gasteiger partial charge in [-0.1, -0.05) is 6.92 Å². The summed E-state index contributed by atoms with van der Waals surface area (Å²) >= 11 is 0. The molecule has 1 fully saturated rings. The zero-order chi connectivity index (χ0) is 11.6. The van der Waals surface area contributed by atoms with Crippen molar-refractivity contribution < 1.29 is 4.74 Å². The van der Waals surface area contributed by atoms with E-state index < -0.39 is 0 Å². The zero-order valence-corrected chi connectivity index (χ0v) is 9.94. The molecule has 1 atom stereocenters. The van der Waals surface area contributed by atoms with Crippen molar-refractivity contribution in [2.45, 2.75) is 13.3 Å². The predicted octanol–water partition coefficient (Wildman–Crippen LogP) is 1.27. The van der Waals surface area contributed by atoms with Gasteiger partial charge in [-0.15, -0.1) is 0 Å². The third-order valence-electron chi connectivity index (χ3n) is 3.34. The largest absolute Gasteiger partial charge is 0.481 e. The second kappa shape index (κ2) is 4.29. The van der Waals surface area contributed by atoms with E-state index in [9.17, 15) is 0 Å². The molecule has 0 bridgehead atoms. The second-order valence-corrected chi connectivity index (χ2v) is 4.74. The summed E-state index contributed by atoms with van der Waals surface area (Å²) < 4.78 is 5.13. The van der Waals surface area contributed by atoms with Crippen LogP contribution in [0.3, 0.4) is 0 Å². The fourth-order valence-corrected chi connectivity index (χ4v) is 2.12. The number of hydrogen-bond donors (Lipinski definition) is 1. The lowest BCUT2D eigenvalue weighted by Gasteiger charge is -2.23. The van der Waals surface area contributed by atoms with Gasteiger partial charge in [0.25, 0.3) is 0 Å². The highest BCUT2D eigenvalue weighted by Gasteiger charge is 2.32. The number of nitrogens with zero attached hydrogens (tertiary/aromatic N) is 2. The molecule has 1 saturated heterocycles. The number of pyridine rings is 1. The Morgan fingerprint density at radius 1 is 1.62 bits per heavy atom. The maximum atomic E-state index is 5.80. The Labute approximate surface area is 96.4 Å². The van der Waals surface area contributed by atoms with Gasteiger partial charge in [0, 0.05) is 31.0 Å². The lowest BCUT2D eigenvalue weighted by Crippen LogP contribution is -2.31. The van der Waals surface area contributed by atoms with Gasteiger partial charge in [0.2, 0.25) is 5.88 Å². The van der Waals surface area contributed by atoms with E-state index in [2.05, 4.69) is 16.8 Å². The molecule has 0 radical (unpaired) electrons. The van der Waals surface area contributed by atoms with Crippen LogP contribution < -0.4 is 15.4 Å². The van der Waals surface area contributed by atoms with Crippen LogP contribution in [-0.2, 0) is 0 Å². The molecule has 0 aromatic carbocycles. The highest BCUT2D eigenvalue weighted by molar-refractivity contribution is 5.49. The van der Waals surface area contributed by atoms with Crippen LogP contribution in [0.4, 0.5) is 5.69 Å². The van der Waals surface area contributed by atoms with Gasteiger partial charge in [0.15, 0.2) is 0 Å². The van der Waals surface area contributed by atoms with Crippen molar-refractivity contribution in [2.75, 3.05) is 31.6 Å². The molecule has 2 rings (SSSR count). The van der Waals surface area contributed by atoms with Crippen molar-refractivity contribution >= 4 is 5.69 Å². The SMILES string of the molecule is COc1cc(N2CCC(C)(CN)C2)ccn1. The first kappa shape index (κ1) is 11.2. The molecule has 1 aliphatic heterocycles. The minimum Gasteiger partial charge on any atom is -0.481 e. The molecule has 0 amide bonds. The summed E-state index contributed by atoms with van der Waals surface area (Å²) in [6, 6.07) is 3.99. The number of anilines is 1. The number of nitrogens with two attached hydrogens (primary N) is 1. The van der Waals surface area contributed by atoms with E-state index >= 15 is 0 Å². The van der Waals surface area contributed by atoms with Gasteiger partial charge in [0.05, 0.1) is 7.11 Å². The first-order valence-electron chi connectivity index (χ1n) is 5.62. The summed E-state index contributed by atoms with van der Waals surface area (Å²) in [5, 5.41) is 0. The number of methoxy groups -OCH3 is 1. The number of rotatable bonds is 3. The van der Waals surface area contributed by atoms with Crippen molar-refractivity contribution in [2.24, 2.45) is 11.1 Å². The van der Waals surface area contributed by atoms with Crippen LogP contribution in [0.5, 0.6) is 5.88 Å². The van der Waals surface area contributed by atoms with Crippen molar-refractivity contribution in [1.82, 2.24) is 4.98 Å². The van der Waals surface area contributed by atoms with Gasteiger partial charge < -0.3 is 15.4 Å². The molecule has 1 aromatic heterocycles. The Morgan fingerprint density at radius 3 is 3.06 bits per heavy atom. The Kier molecular flexibility index (Phi) is 3.01. The first-order valence-corrected chi connectivity index (χ1v) is 5.62. The van der Waals surface area contributed by atoms with Gasteiger partial charge >= 0.3 is 0 Å². The quantitative estimate of drug-likeness (QED) is 0.835. The van der Waals surface area contributed by atoms with Gasteiger partial charge in [-0.2, -0.15) is 0 Å². The maximum Gasteiger partial charge on any atom is 0.214 e. The maximum absolute atomic E-state index is 5.80. The molecule has 4 heteroatoms. The van der Waals surface area contributed by atoms with E-state index in [-0.39, 0.29) is 5.41 Å². The minimum absolute atomic E-state index is 0.247. The van der Waals surface area contributed by atoms with Crippen LogP contribution >= 0.6 is 0 Å². The highest BCUT2D eigenvalue weighted by Crippen LogP contribution is 2.32. The summed E-state index contributed by atoms with van der Waals surface area (Å²) in [7, 11) is 1.64. The Hall–Kier alpha value is -1.29. The van der Waals surface area contributed by atoms with Gasteiger partial charge in [-0.25, -0.2) is 4.98 Å². The first-order chi connectivity index (χ1) is 7.67. The van der Waals surface area contributed by atoms with E-state index in [1.165, 1.54) is 5.69 Å². The average Bonchev–Trinajstić information content (AvgIpc) is 2.73. The molecular weight excluding hydrogens is 202 g/mol. The van der Waals surface area contributed by atoms with E-state index in [1.54, 1.807) is 13.3 Å². The predicted molar refractivity (Wildman–Crippen MR) is 64.8 cm³/mol. The zero-order valence-electron chi connectivity index (χ0n) is 9.94. The molecule has 1 aromatic rings. The molecule has 2 heterocycles. The molecule has 4 nitrogen and oxygen atoms in total. The third-order valence-corrected chi connectivity index (χ3v) is 3.34. The second-order valence-electron chi connectivity index (χ2n) is 4.74. The standard InChI is InChI=1S/C12H19N3O/c1-12(8-13)4-6-15(9-12)10-3-5-14-11(7-10)16-2/h3,5,7H,4,6,8-9,13H2,1-2H3. The normalized spacial score (nSPS) is 24.8. The van der Waals surface area contributed by atoms with Crippen LogP contribution in [0, 0.1) is 5.41 Å². The summed E-state index contributed by atoms with van der Waals surface area (Å²) in [6.07, 6.45) is 2.93. The molecule has 0 aliphatic carbocycles. The fraction of sp³-hybridized carbons (Fsp3) is 0.583. The Bertz CT molecular complexity index is 369. The Morgan fingerprint density at radius 2 is 2.44 bits per heavy atom. The topological polar surface area (TPSA) is 51.4 Å². The van der Waals surface area contributed by atoms with Gasteiger partial charge in [-0.05, 0) is 24.4 Å². The van der Waals surface area contributed by atoms with Crippen molar-refractivity contribution in [1.29, 1.82) is 0 Å². The number of aromatic nitrogens is 1. The van der Waals surface area contributed by atoms with E-state index in [4.69, 9.17) is 10.5 Å². The van der Waals surface area contributed by atoms with Crippen LogP contribution in [0.2, 0.25) is 0 Å². The molecule has 0 spiro atoms. The number of ether oxygens (including phenoxy) is 1.